The van der Waals surface area contributed by atoms with E-state index in [-0.39, 0.29) is 0 Å². The molecule has 1 aromatic carbocycles. The Balaban J connectivity index is 1.43. The van der Waals surface area contributed by atoms with E-state index in [1.54, 1.807) is 0 Å². The van der Waals surface area contributed by atoms with Gasteiger partial charge in [-0.05, 0) is 31.3 Å². The predicted octanol–water partition coefficient (Wildman–Crippen LogP) is 2.53. The van der Waals surface area contributed by atoms with Crippen LogP contribution in [0.25, 0.3) is 11.3 Å². The Hall–Kier alpha value is -1.65. The van der Waals surface area contributed by atoms with Crippen LogP contribution in [-0.4, -0.2) is 36.2 Å². The van der Waals surface area contributed by atoms with Crippen molar-refractivity contribution in [1.29, 1.82) is 0 Å². The van der Waals surface area contributed by atoms with E-state index >= 15 is 0 Å². The highest BCUT2D eigenvalue weighted by Gasteiger charge is 2.40. The number of hydrogen-bond acceptors (Lipinski definition) is 4. The molecule has 2 aromatic rings. The molecule has 110 valence electrons. The van der Waals surface area contributed by atoms with Gasteiger partial charge in [-0.15, -0.1) is 0 Å². The molecule has 0 radical (unpaired) electrons. The number of rotatable bonds is 3. The second-order valence-electron chi connectivity index (χ2n) is 6.44. The van der Waals surface area contributed by atoms with Crippen molar-refractivity contribution < 1.29 is 4.52 Å². The summed E-state index contributed by atoms with van der Waals surface area (Å²) in [5.41, 5.74) is 2.65. The second-order valence-corrected chi connectivity index (χ2v) is 6.44. The van der Waals surface area contributed by atoms with Crippen molar-refractivity contribution in [1.82, 2.24) is 15.4 Å². The number of nitrogens with one attached hydrogen (secondary N) is 1. The first-order valence-electron chi connectivity index (χ1n) is 7.77. The Bertz CT molecular complexity index is 602. The van der Waals surface area contributed by atoms with E-state index in [0.717, 1.165) is 23.6 Å². The summed E-state index contributed by atoms with van der Waals surface area (Å²) in [4.78, 5) is 2.51. The molecule has 1 atom stereocenters. The first-order chi connectivity index (χ1) is 10.3. The number of nitrogens with zero attached hydrogens (tertiary/aromatic N) is 2. The van der Waals surface area contributed by atoms with Crippen LogP contribution in [0.2, 0.25) is 0 Å². The summed E-state index contributed by atoms with van der Waals surface area (Å²) in [5.74, 6) is 0.863. The molecule has 2 fully saturated rings. The van der Waals surface area contributed by atoms with Gasteiger partial charge in [0.2, 0.25) is 0 Å². The van der Waals surface area contributed by atoms with Crippen molar-refractivity contribution in [3.8, 4) is 11.3 Å². The number of likely N-dealkylation sites (tertiary alicyclic amines) is 1. The molecule has 4 rings (SSSR count). The third kappa shape index (κ3) is 2.61. The standard InChI is InChI=1S/C17H21N3O/c1-2-4-14(5-3-1)16-10-15(19-21-16)11-20-9-7-17(13-20)6-8-18-12-17/h1-5,10,18H,6-9,11-13H2. The molecule has 21 heavy (non-hydrogen) atoms. The van der Waals surface area contributed by atoms with Crippen LogP contribution in [0.3, 0.4) is 0 Å². The van der Waals surface area contributed by atoms with Crippen LogP contribution in [0.4, 0.5) is 0 Å². The highest BCUT2D eigenvalue weighted by Crippen LogP contribution is 2.36. The average Bonchev–Trinajstić information content (AvgIpc) is 3.24. The molecule has 4 heteroatoms. The molecular weight excluding hydrogens is 262 g/mol. The normalized spacial score (nSPS) is 25.9. The van der Waals surface area contributed by atoms with Crippen LogP contribution in [-0.2, 0) is 6.54 Å². The molecule has 0 aliphatic carbocycles. The number of benzene rings is 1. The first kappa shape index (κ1) is 13.0. The van der Waals surface area contributed by atoms with Crippen LogP contribution < -0.4 is 5.32 Å². The van der Waals surface area contributed by atoms with Crippen molar-refractivity contribution in [2.75, 3.05) is 26.2 Å². The summed E-state index contributed by atoms with van der Waals surface area (Å²) in [6.45, 7) is 5.62. The lowest BCUT2D eigenvalue weighted by Crippen LogP contribution is -2.29. The van der Waals surface area contributed by atoms with Gasteiger partial charge in [-0.25, -0.2) is 0 Å². The lowest BCUT2D eigenvalue weighted by Gasteiger charge is -2.22. The largest absolute Gasteiger partial charge is 0.356 e. The van der Waals surface area contributed by atoms with Gasteiger partial charge in [-0.2, -0.15) is 0 Å². The minimum Gasteiger partial charge on any atom is -0.356 e. The third-order valence-corrected chi connectivity index (χ3v) is 4.85. The summed E-state index contributed by atoms with van der Waals surface area (Å²) >= 11 is 0. The average molecular weight is 283 g/mol. The maximum Gasteiger partial charge on any atom is 0.167 e. The minimum atomic E-state index is 0.520. The topological polar surface area (TPSA) is 41.3 Å². The molecule has 2 aliphatic heterocycles. The fourth-order valence-electron chi connectivity index (χ4n) is 3.66. The Morgan fingerprint density at radius 1 is 1.24 bits per heavy atom. The Morgan fingerprint density at radius 2 is 2.14 bits per heavy atom. The molecule has 3 heterocycles. The summed E-state index contributed by atoms with van der Waals surface area (Å²) in [6, 6.07) is 12.2. The molecule has 0 bridgehead atoms. The van der Waals surface area contributed by atoms with E-state index in [4.69, 9.17) is 4.52 Å². The van der Waals surface area contributed by atoms with E-state index in [1.165, 1.54) is 39.0 Å². The summed E-state index contributed by atoms with van der Waals surface area (Å²) < 4.78 is 5.49. The van der Waals surface area contributed by atoms with Crippen molar-refractivity contribution in [3.63, 3.8) is 0 Å². The number of hydrogen-bond donors (Lipinski definition) is 1. The zero-order valence-corrected chi connectivity index (χ0v) is 12.2. The van der Waals surface area contributed by atoms with Gasteiger partial charge in [-0.3, -0.25) is 4.90 Å². The highest BCUT2D eigenvalue weighted by atomic mass is 16.5. The molecule has 1 unspecified atom stereocenters. The van der Waals surface area contributed by atoms with Crippen LogP contribution in [0.15, 0.2) is 40.9 Å². The van der Waals surface area contributed by atoms with Gasteiger partial charge in [0.05, 0.1) is 5.69 Å². The van der Waals surface area contributed by atoms with Gasteiger partial charge in [-0.1, -0.05) is 35.5 Å². The third-order valence-electron chi connectivity index (χ3n) is 4.85. The van der Waals surface area contributed by atoms with Crippen molar-refractivity contribution in [2.45, 2.75) is 19.4 Å². The fourth-order valence-corrected chi connectivity index (χ4v) is 3.66. The minimum absolute atomic E-state index is 0.520. The SMILES string of the molecule is c1ccc(-c2cc(CN3CCC4(CCNC4)C3)no2)cc1. The van der Waals surface area contributed by atoms with E-state index in [0.29, 0.717) is 5.41 Å². The zero-order valence-electron chi connectivity index (χ0n) is 12.2. The monoisotopic (exact) mass is 283 g/mol. The summed E-state index contributed by atoms with van der Waals surface area (Å²) in [7, 11) is 0. The van der Waals surface area contributed by atoms with Gasteiger partial charge in [0, 0.05) is 31.3 Å². The Kier molecular flexibility index (Phi) is 3.28. The van der Waals surface area contributed by atoms with Crippen LogP contribution in [0, 0.1) is 5.41 Å². The highest BCUT2D eigenvalue weighted by molar-refractivity contribution is 5.56. The Labute approximate surface area is 125 Å². The molecule has 0 amide bonds. The van der Waals surface area contributed by atoms with E-state index in [1.807, 2.05) is 18.2 Å². The summed E-state index contributed by atoms with van der Waals surface area (Å²) in [5, 5.41) is 7.74. The predicted molar refractivity (Wildman–Crippen MR) is 81.8 cm³/mol. The Morgan fingerprint density at radius 3 is 2.95 bits per heavy atom. The van der Waals surface area contributed by atoms with Gasteiger partial charge in [0.1, 0.15) is 0 Å². The molecule has 1 spiro atoms. The lowest BCUT2D eigenvalue weighted by molar-refractivity contribution is 0.262. The molecule has 2 aliphatic rings. The van der Waals surface area contributed by atoms with Gasteiger partial charge in [0.15, 0.2) is 5.76 Å². The van der Waals surface area contributed by atoms with Crippen molar-refractivity contribution >= 4 is 0 Å². The van der Waals surface area contributed by atoms with E-state index in [9.17, 15) is 0 Å². The molecular formula is C17H21N3O. The molecule has 2 saturated heterocycles. The van der Waals surface area contributed by atoms with Gasteiger partial charge in [0.25, 0.3) is 0 Å². The van der Waals surface area contributed by atoms with E-state index < -0.39 is 0 Å². The molecule has 4 nitrogen and oxygen atoms in total. The molecule has 1 N–H and O–H groups in total. The lowest BCUT2D eigenvalue weighted by atomic mass is 9.87. The quantitative estimate of drug-likeness (QED) is 0.940. The maximum absolute atomic E-state index is 5.49. The van der Waals surface area contributed by atoms with Crippen LogP contribution in [0.5, 0.6) is 0 Å². The zero-order chi connectivity index (χ0) is 14.1. The smallest absolute Gasteiger partial charge is 0.167 e. The first-order valence-corrected chi connectivity index (χ1v) is 7.77. The van der Waals surface area contributed by atoms with Gasteiger partial charge < -0.3 is 9.84 Å². The number of aromatic nitrogens is 1. The second kappa shape index (κ2) is 5.28. The molecule has 0 saturated carbocycles. The van der Waals surface area contributed by atoms with Gasteiger partial charge >= 0.3 is 0 Å². The fraction of sp³-hybridized carbons (Fsp3) is 0.471. The van der Waals surface area contributed by atoms with E-state index in [2.05, 4.69) is 33.6 Å². The maximum atomic E-state index is 5.49. The van der Waals surface area contributed by atoms with Crippen LogP contribution in [0.1, 0.15) is 18.5 Å². The molecule has 1 aromatic heterocycles. The summed E-state index contributed by atoms with van der Waals surface area (Å²) in [6.07, 6.45) is 2.63. The van der Waals surface area contributed by atoms with Crippen LogP contribution >= 0.6 is 0 Å². The van der Waals surface area contributed by atoms with Crippen molar-refractivity contribution in [2.24, 2.45) is 5.41 Å². The van der Waals surface area contributed by atoms with Crippen molar-refractivity contribution in [3.05, 3.63) is 42.1 Å².